The van der Waals surface area contributed by atoms with Crippen LogP contribution in [0, 0.1) is 5.92 Å². The monoisotopic (exact) mass is 412 g/mol. The molecule has 0 fully saturated rings. The summed E-state index contributed by atoms with van der Waals surface area (Å²) in [6, 6.07) is 13.6. The Morgan fingerprint density at radius 3 is 2.23 bits per heavy atom. The van der Waals surface area contributed by atoms with Crippen LogP contribution in [-0.4, -0.2) is 24.6 Å². The largest absolute Gasteiger partial charge is 0.513 e. The highest BCUT2D eigenvalue weighted by atomic mass is 16.7. The van der Waals surface area contributed by atoms with E-state index in [-0.39, 0.29) is 30.9 Å². The van der Waals surface area contributed by atoms with Crippen molar-refractivity contribution in [3.05, 3.63) is 59.7 Å². The molecule has 0 bridgehead atoms. The number of amides is 2. The predicted octanol–water partition coefficient (Wildman–Crippen LogP) is 4.53. The van der Waals surface area contributed by atoms with Gasteiger partial charge in [-0.1, -0.05) is 32.0 Å². The number of hydrogen-bond donors (Lipinski definition) is 2. The van der Waals surface area contributed by atoms with Crippen LogP contribution in [0.1, 0.15) is 49.5 Å². The number of ether oxygens (including phenoxy) is 2. The third-order valence-electron chi connectivity index (χ3n) is 4.65. The van der Waals surface area contributed by atoms with Crippen molar-refractivity contribution in [2.75, 3.05) is 11.9 Å². The van der Waals surface area contributed by atoms with E-state index in [1.807, 2.05) is 38.1 Å². The Kier molecular flexibility index (Phi) is 8.87. The summed E-state index contributed by atoms with van der Waals surface area (Å²) in [5.41, 5.74) is 1.92. The maximum absolute atomic E-state index is 12.5. The van der Waals surface area contributed by atoms with Gasteiger partial charge >= 0.3 is 6.16 Å². The van der Waals surface area contributed by atoms with Gasteiger partial charge in [-0.05, 0) is 55.7 Å². The fourth-order valence-corrected chi connectivity index (χ4v) is 2.89. The van der Waals surface area contributed by atoms with Crippen molar-refractivity contribution in [2.24, 2.45) is 5.92 Å². The van der Waals surface area contributed by atoms with Crippen molar-refractivity contribution in [1.29, 1.82) is 0 Å². The highest BCUT2D eigenvalue weighted by Crippen LogP contribution is 2.18. The second kappa shape index (κ2) is 11.6. The lowest BCUT2D eigenvalue weighted by atomic mass is 10.0. The smallest absolute Gasteiger partial charge is 0.434 e. The third-order valence-corrected chi connectivity index (χ3v) is 4.65. The van der Waals surface area contributed by atoms with Gasteiger partial charge in [0, 0.05) is 23.7 Å². The molecule has 0 saturated carbocycles. The van der Waals surface area contributed by atoms with Crippen LogP contribution in [0.3, 0.4) is 0 Å². The van der Waals surface area contributed by atoms with Gasteiger partial charge < -0.3 is 20.1 Å². The molecule has 0 aliphatic rings. The van der Waals surface area contributed by atoms with Crippen LogP contribution in [0.2, 0.25) is 0 Å². The molecular weight excluding hydrogens is 384 g/mol. The molecule has 2 rings (SSSR count). The van der Waals surface area contributed by atoms with Crippen molar-refractivity contribution in [3.8, 4) is 5.75 Å². The van der Waals surface area contributed by atoms with Crippen LogP contribution in [0.4, 0.5) is 10.5 Å². The van der Waals surface area contributed by atoms with Gasteiger partial charge in [0.25, 0.3) is 5.91 Å². The first-order valence-corrected chi connectivity index (χ1v) is 10.1. The first kappa shape index (κ1) is 22.9. The number of nitrogens with one attached hydrogen (secondary N) is 2. The molecule has 2 amide bonds. The van der Waals surface area contributed by atoms with Crippen molar-refractivity contribution < 1.29 is 23.9 Å². The van der Waals surface area contributed by atoms with Crippen LogP contribution in [0.25, 0.3) is 0 Å². The zero-order valence-electron chi connectivity index (χ0n) is 17.6. The Hall–Kier alpha value is -3.35. The minimum atomic E-state index is -0.790. The normalized spacial score (nSPS) is 10.4. The predicted molar refractivity (Wildman–Crippen MR) is 114 cm³/mol. The molecule has 0 aromatic heterocycles. The Bertz CT molecular complexity index is 860. The summed E-state index contributed by atoms with van der Waals surface area (Å²) in [7, 11) is 0. The van der Waals surface area contributed by atoms with E-state index < -0.39 is 6.16 Å². The molecule has 30 heavy (non-hydrogen) atoms. The number of carbonyl (C=O) groups excluding carboxylic acids is 3. The van der Waals surface area contributed by atoms with Crippen LogP contribution < -0.4 is 15.4 Å². The molecule has 2 aromatic rings. The van der Waals surface area contributed by atoms with Gasteiger partial charge in [-0.2, -0.15) is 0 Å². The third kappa shape index (κ3) is 6.62. The lowest BCUT2D eigenvalue weighted by Gasteiger charge is -2.16. The molecule has 160 valence electrons. The quantitative estimate of drug-likeness (QED) is 0.466. The van der Waals surface area contributed by atoms with Gasteiger partial charge in [-0.15, -0.1) is 0 Å². The maximum Gasteiger partial charge on any atom is 0.513 e. The summed E-state index contributed by atoms with van der Waals surface area (Å²) in [4.78, 5) is 36.2. The number of anilines is 1. The van der Waals surface area contributed by atoms with Gasteiger partial charge in [0.2, 0.25) is 5.91 Å². The number of para-hydroxylation sites is 1. The summed E-state index contributed by atoms with van der Waals surface area (Å²) in [5, 5.41) is 5.81. The second-order valence-corrected chi connectivity index (χ2v) is 6.65. The summed E-state index contributed by atoms with van der Waals surface area (Å²) < 4.78 is 9.68. The second-order valence-electron chi connectivity index (χ2n) is 6.65. The van der Waals surface area contributed by atoms with E-state index in [1.165, 1.54) is 12.1 Å². The molecule has 0 radical (unpaired) electrons. The summed E-state index contributed by atoms with van der Waals surface area (Å²) in [6.45, 7) is 6.15. The Morgan fingerprint density at radius 1 is 0.933 bits per heavy atom. The van der Waals surface area contributed by atoms with Crippen molar-refractivity contribution in [1.82, 2.24) is 5.32 Å². The number of benzene rings is 2. The molecule has 7 heteroatoms. The summed E-state index contributed by atoms with van der Waals surface area (Å²) >= 11 is 0. The highest BCUT2D eigenvalue weighted by Gasteiger charge is 2.16. The van der Waals surface area contributed by atoms with Crippen molar-refractivity contribution in [3.63, 3.8) is 0 Å². The molecule has 7 nitrogen and oxygen atoms in total. The molecule has 0 unspecified atom stereocenters. The average molecular weight is 412 g/mol. The van der Waals surface area contributed by atoms with E-state index in [2.05, 4.69) is 10.6 Å². The van der Waals surface area contributed by atoms with Crippen molar-refractivity contribution >= 4 is 23.7 Å². The first-order chi connectivity index (χ1) is 14.5. The van der Waals surface area contributed by atoms with E-state index in [9.17, 15) is 14.4 Å². The molecule has 0 atom stereocenters. The molecule has 0 spiro atoms. The topological polar surface area (TPSA) is 93.7 Å². The Balaban J connectivity index is 1.98. The summed E-state index contributed by atoms with van der Waals surface area (Å²) in [6.07, 6.45) is 0.760. The number of carbonyl (C=O) groups is 3. The van der Waals surface area contributed by atoms with Gasteiger partial charge in [-0.25, -0.2) is 4.79 Å². The molecule has 0 saturated heterocycles. The molecule has 2 aromatic carbocycles. The molecular formula is C23H28N2O5. The van der Waals surface area contributed by atoms with Gasteiger partial charge in [-0.3, -0.25) is 9.59 Å². The van der Waals surface area contributed by atoms with Crippen LogP contribution in [-0.2, 0) is 16.1 Å². The van der Waals surface area contributed by atoms with E-state index >= 15 is 0 Å². The van der Waals surface area contributed by atoms with Crippen LogP contribution in [0.5, 0.6) is 5.75 Å². The highest BCUT2D eigenvalue weighted by molar-refractivity contribution is 5.95. The average Bonchev–Trinajstić information content (AvgIpc) is 2.74. The lowest BCUT2D eigenvalue weighted by Crippen LogP contribution is -2.25. The fraction of sp³-hybridized carbons (Fsp3) is 0.348. The van der Waals surface area contributed by atoms with E-state index in [1.54, 1.807) is 19.1 Å². The zero-order chi connectivity index (χ0) is 21.9. The first-order valence-electron chi connectivity index (χ1n) is 10.1. The molecule has 0 aliphatic heterocycles. The zero-order valence-corrected chi connectivity index (χ0v) is 17.6. The maximum atomic E-state index is 12.5. The summed E-state index contributed by atoms with van der Waals surface area (Å²) in [5.74, 6) is -0.0442. The standard InChI is InChI=1S/C23H28N2O5/c1-4-16(5-2)22(27)25-20-10-8-7-9-18(20)15-24-21(26)17-11-13-19(14-12-17)30-23(28)29-6-3/h7-14,16H,4-6,15H2,1-3H3,(H,24,26)(H,25,27). The molecule has 0 heterocycles. The Morgan fingerprint density at radius 2 is 1.60 bits per heavy atom. The minimum absolute atomic E-state index is 0.0176. The molecule has 2 N–H and O–H groups in total. The Labute approximate surface area is 176 Å². The fourth-order valence-electron chi connectivity index (χ4n) is 2.89. The minimum Gasteiger partial charge on any atom is -0.434 e. The van der Waals surface area contributed by atoms with Crippen LogP contribution in [0.15, 0.2) is 48.5 Å². The van der Waals surface area contributed by atoms with E-state index in [0.717, 1.165) is 18.4 Å². The lowest BCUT2D eigenvalue weighted by molar-refractivity contribution is -0.120. The van der Waals surface area contributed by atoms with Crippen LogP contribution >= 0.6 is 0 Å². The number of rotatable bonds is 9. The SMILES string of the molecule is CCOC(=O)Oc1ccc(C(=O)NCc2ccccc2NC(=O)C(CC)CC)cc1. The number of hydrogen-bond acceptors (Lipinski definition) is 5. The molecule has 0 aliphatic carbocycles. The van der Waals surface area contributed by atoms with Gasteiger partial charge in [0.05, 0.1) is 6.61 Å². The van der Waals surface area contributed by atoms with E-state index in [4.69, 9.17) is 9.47 Å². The van der Waals surface area contributed by atoms with E-state index in [0.29, 0.717) is 17.0 Å². The van der Waals surface area contributed by atoms with Gasteiger partial charge in [0.1, 0.15) is 5.75 Å². The van der Waals surface area contributed by atoms with Crippen molar-refractivity contribution in [2.45, 2.75) is 40.2 Å². The van der Waals surface area contributed by atoms with Gasteiger partial charge in [0.15, 0.2) is 0 Å².